The number of carbonyl (C=O) groups excluding carboxylic acids is 3. The topological polar surface area (TPSA) is 63.7 Å². The lowest BCUT2D eigenvalue weighted by Gasteiger charge is -2.22. The van der Waals surface area contributed by atoms with Gasteiger partial charge in [0.1, 0.15) is 0 Å². The van der Waals surface area contributed by atoms with E-state index in [9.17, 15) is 14.4 Å². The third kappa shape index (κ3) is 6.40. The van der Waals surface area contributed by atoms with Gasteiger partial charge in [0.25, 0.3) is 0 Å². The average molecular weight is 530 g/mol. The highest BCUT2D eigenvalue weighted by Crippen LogP contribution is 2.31. The highest BCUT2D eigenvalue weighted by molar-refractivity contribution is 6.30. The molecule has 3 aromatic carbocycles. The van der Waals surface area contributed by atoms with Crippen molar-refractivity contribution in [2.45, 2.75) is 45.6 Å². The number of aryl methyl sites for hydroxylation is 3. The number of carbonyl (C=O) groups is 3. The fourth-order valence-electron chi connectivity index (χ4n) is 5.11. The van der Waals surface area contributed by atoms with Crippen molar-refractivity contribution in [3.63, 3.8) is 0 Å². The predicted octanol–water partition coefficient (Wildman–Crippen LogP) is 6.77. The summed E-state index contributed by atoms with van der Waals surface area (Å²) in [6, 6.07) is 18.7. The molecule has 5 nitrogen and oxygen atoms in total. The summed E-state index contributed by atoms with van der Waals surface area (Å²) >= 11 is 6.19. The van der Waals surface area contributed by atoms with Crippen LogP contribution in [0.5, 0.6) is 0 Å². The van der Waals surface area contributed by atoms with Gasteiger partial charge in [0.15, 0.2) is 5.78 Å². The number of ether oxygens (including phenoxy) is 1. The van der Waals surface area contributed by atoms with Gasteiger partial charge in [-0.25, -0.2) is 4.79 Å². The number of hydrogen-bond donors (Lipinski definition) is 0. The second-order valence-electron chi connectivity index (χ2n) is 9.70. The van der Waals surface area contributed by atoms with Gasteiger partial charge in [-0.3, -0.25) is 9.59 Å². The van der Waals surface area contributed by atoms with Crippen molar-refractivity contribution in [2.24, 2.45) is 0 Å². The third-order valence-electron chi connectivity index (χ3n) is 7.02. The molecule has 1 saturated heterocycles. The molecule has 0 saturated carbocycles. The molecule has 0 spiro atoms. The maximum atomic E-state index is 13.0. The van der Waals surface area contributed by atoms with E-state index in [0.717, 1.165) is 40.7 Å². The average Bonchev–Trinajstić information content (AvgIpc) is 3.25. The lowest BCUT2D eigenvalue weighted by molar-refractivity contribution is -0.128. The summed E-state index contributed by atoms with van der Waals surface area (Å²) in [5.41, 5.74) is 6.42. The minimum atomic E-state index is -0.356. The van der Waals surface area contributed by atoms with Gasteiger partial charge in [-0.2, -0.15) is 0 Å². The van der Waals surface area contributed by atoms with Gasteiger partial charge >= 0.3 is 5.97 Å². The lowest BCUT2D eigenvalue weighted by Crippen LogP contribution is -2.33. The molecule has 0 N–H and O–H groups in total. The molecule has 1 aliphatic heterocycles. The van der Waals surface area contributed by atoms with Crippen molar-refractivity contribution < 1.29 is 19.1 Å². The molecule has 1 amide bonds. The Bertz CT molecular complexity index is 1350. The molecule has 0 aromatic heterocycles. The van der Waals surface area contributed by atoms with Crippen LogP contribution in [0.25, 0.3) is 11.1 Å². The molecule has 6 heteroatoms. The van der Waals surface area contributed by atoms with E-state index >= 15 is 0 Å². The second-order valence-corrected chi connectivity index (χ2v) is 10.1. The first-order chi connectivity index (χ1) is 18.3. The van der Waals surface area contributed by atoms with Crippen LogP contribution < -0.4 is 0 Å². The van der Waals surface area contributed by atoms with E-state index in [2.05, 4.69) is 0 Å². The molecule has 0 unspecified atom stereocenters. The van der Waals surface area contributed by atoms with Crippen LogP contribution in [-0.4, -0.2) is 42.3 Å². The van der Waals surface area contributed by atoms with Crippen LogP contribution in [0, 0.1) is 13.8 Å². The quantitative estimate of drug-likeness (QED) is 0.174. The molecule has 1 aliphatic rings. The molecular weight excluding hydrogens is 498 g/mol. The van der Waals surface area contributed by atoms with E-state index in [0.29, 0.717) is 35.5 Å². The molecule has 4 rings (SSSR count). The van der Waals surface area contributed by atoms with Crippen molar-refractivity contribution >= 4 is 29.3 Å². The molecule has 1 fully saturated rings. The summed E-state index contributed by atoms with van der Waals surface area (Å²) in [4.78, 5) is 39.0. The normalized spacial score (nSPS) is 15.3. The highest BCUT2D eigenvalue weighted by atomic mass is 35.5. The zero-order valence-corrected chi connectivity index (χ0v) is 22.8. The van der Waals surface area contributed by atoms with E-state index in [1.807, 2.05) is 73.4 Å². The van der Waals surface area contributed by atoms with Crippen LogP contribution in [0.15, 0.2) is 72.8 Å². The van der Waals surface area contributed by atoms with Gasteiger partial charge in [0.2, 0.25) is 5.91 Å². The Morgan fingerprint density at radius 2 is 1.74 bits per heavy atom. The fraction of sp³-hybridized carbons (Fsp3) is 0.281. The number of hydrogen-bond acceptors (Lipinski definition) is 4. The third-order valence-corrected chi connectivity index (χ3v) is 7.24. The maximum absolute atomic E-state index is 13.0. The Labute approximate surface area is 229 Å². The van der Waals surface area contributed by atoms with Crippen molar-refractivity contribution in [1.29, 1.82) is 0 Å². The Morgan fingerprint density at radius 3 is 2.42 bits per heavy atom. The Balaban J connectivity index is 1.39. The molecule has 3 aromatic rings. The molecule has 0 bridgehead atoms. The van der Waals surface area contributed by atoms with Crippen LogP contribution in [0.1, 0.15) is 56.7 Å². The summed E-state index contributed by atoms with van der Waals surface area (Å²) in [7, 11) is 1.36. The van der Waals surface area contributed by atoms with Gasteiger partial charge in [0.05, 0.1) is 18.7 Å². The van der Waals surface area contributed by atoms with E-state index in [1.165, 1.54) is 7.11 Å². The largest absolute Gasteiger partial charge is 0.465 e. The summed E-state index contributed by atoms with van der Waals surface area (Å²) in [6.45, 7) is 4.66. The van der Waals surface area contributed by atoms with Crippen LogP contribution >= 0.6 is 11.6 Å². The van der Waals surface area contributed by atoms with Crippen molar-refractivity contribution in [3.8, 4) is 11.1 Å². The minimum Gasteiger partial charge on any atom is -0.465 e. The standard InChI is InChI=1S/C32H32ClNO4/c1-21-18-27(33)19-22(2)31(21)26-8-4-7-25(20-26)29(35)15-13-28-14-16-30(36)34(28)17-5-6-23-9-11-24(12-10-23)32(37)38-3/h4,7-13,15,18-20,28H,5-6,14,16-17H2,1-3H3/b15-13+/t28-/m0/s1. The summed E-state index contributed by atoms with van der Waals surface area (Å²) in [5.74, 6) is -0.324. The van der Waals surface area contributed by atoms with Crippen LogP contribution in [-0.2, 0) is 16.0 Å². The van der Waals surface area contributed by atoms with Gasteiger partial charge < -0.3 is 9.64 Å². The maximum Gasteiger partial charge on any atom is 0.337 e. The fourth-order valence-corrected chi connectivity index (χ4v) is 5.44. The molecule has 0 aliphatic carbocycles. The monoisotopic (exact) mass is 529 g/mol. The Morgan fingerprint density at radius 1 is 1.03 bits per heavy atom. The number of methoxy groups -OCH3 is 1. The van der Waals surface area contributed by atoms with Gasteiger partial charge in [-0.05, 0) is 97.3 Å². The molecule has 1 heterocycles. The van der Waals surface area contributed by atoms with E-state index < -0.39 is 0 Å². The van der Waals surface area contributed by atoms with Gasteiger partial charge in [0, 0.05) is 23.6 Å². The first-order valence-electron chi connectivity index (χ1n) is 12.8. The van der Waals surface area contributed by atoms with Crippen molar-refractivity contribution in [3.05, 3.63) is 106 Å². The molecule has 1 atom stereocenters. The van der Waals surface area contributed by atoms with Gasteiger partial charge in [-0.1, -0.05) is 48.0 Å². The SMILES string of the molecule is COC(=O)c1ccc(CCCN2C(=O)CC[C@@H]2/C=C/C(=O)c2cccc(-c3c(C)cc(Cl)cc3C)c2)cc1. The molecule has 38 heavy (non-hydrogen) atoms. The minimum absolute atomic E-state index is 0.0823. The van der Waals surface area contributed by atoms with E-state index in [4.69, 9.17) is 16.3 Å². The zero-order valence-electron chi connectivity index (χ0n) is 22.0. The number of rotatable bonds is 9. The lowest BCUT2D eigenvalue weighted by atomic mass is 9.94. The molecule has 196 valence electrons. The van der Waals surface area contributed by atoms with E-state index in [-0.39, 0.29) is 23.7 Å². The number of likely N-dealkylation sites (tertiary alicyclic amines) is 1. The Hall–Kier alpha value is -3.70. The number of benzene rings is 3. The Kier molecular flexibility index (Phi) is 8.80. The number of allylic oxidation sites excluding steroid dienone is 1. The highest BCUT2D eigenvalue weighted by Gasteiger charge is 2.28. The van der Waals surface area contributed by atoms with Crippen LogP contribution in [0.4, 0.5) is 0 Å². The van der Waals surface area contributed by atoms with Crippen LogP contribution in [0.3, 0.4) is 0 Å². The number of halogens is 1. The zero-order chi connectivity index (χ0) is 27.2. The van der Waals surface area contributed by atoms with E-state index in [1.54, 1.807) is 18.2 Å². The number of amides is 1. The summed E-state index contributed by atoms with van der Waals surface area (Å²) < 4.78 is 4.74. The van der Waals surface area contributed by atoms with Crippen molar-refractivity contribution in [1.82, 2.24) is 4.90 Å². The summed E-state index contributed by atoms with van der Waals surface area (Å²) in [6.07, 6.45) is 6.24. The number of nitrogens with zero attached hydrogens (tertiary/aromatic N) is 1. The van der Waals surface area contributed by atoms with Crippen LogP contribution in [0.2, 0.25) is 5.02 Å². The molecule has 0 radical (unpaired) electrons. The number of esters is 1. The summed E-state index contributed by atoms with van der Waals surface area (Å²) in [5, 5.41) is 0.700. The first kappa shape index (κ1) is 27.3. The predicted molar refractivity (Wildman–Crippen MR) is 151 cm³/mol. The smallest absolute Gasteiger partial charge is 0.337 e. The second kappa shape index (κ2) is 12.2. The van der Waals surface area contributed by atoms with Gasteiger partial charge in [-0.15, -0.1) is 0 Å². The number of ketones is 1. The first-order valence-corrected chi connectivity index (χ1v) is 13.2. The molecular formula is C32H32ClNO4. The van der Waals surface area contributed by atoms with Crippen molar-refractivity contribution in [2.75, 3.05) is 13.7 Å².